The zero-order valence-electron chi connectivity index (χ0n) is 16.7. The number of alkyl halides is 3. The molecule has 0 aliphatic carbocycles. The monoisotopic (exact) mass is 446 g/mol. The third-order valence-electron chi connectivity index (χ3n) is 4.57. The first-order valence-corrected chi connectivity index (χ1v) is 9.99. The van der Waals surface area contributed by atoms with Crippen LogP contribution in [-0.2, 0) is 6.18 Å². The van der Waals surface area contributed by atoms with Crippen LogP contribution in [0.25, 0.3) is 21.5 Å². The second-order valence-corrected chi connectivity index (χ2v) is 8.01. The Morgan fingerprint density at radius 2 is 1.77 bits per heavy atom. The molecule has 1 atom stereocenters. The third-order valence-corrected chi connectivity index (χ3v) is 5.53. The van der Waals surface area contributed by atoms with E-state index >= 15 is 0 Å². The second-order valence-electron chi connectivity index (χ2n) is 6.78. The van der Waals surface area contributed by atoms with Crippen molar-refractivity contribution in [2.45, 2.75) is 26.1 Å². The van der Waals surface area contributed by atoms with E-state index in [1.54, 1.807) is 31.6 Å². The normalized spacial score (nSPS) is 12.7. The van der Waals surface area contributed by atoms with Gasteiger partial charge in [-0.2, -0.15) is 13.2 Å². The maximum absolute atomic E-state index is 12.7. The molecule has 31 heavy (non-hydrogen) atoms. The molecule has 0 unspecified atom stereocenters. The zero-order valence-corrected chi connectivity index (χ0v) is 17.5. The molecule has 160 valence electrons. The minimum atomic E-state index is -4.58. The Bertz CT molecular complexity index is 1230. The molecule has 0 amide bonds. The molecule has 0 saturated heterocycles. The molecule has 1 aromatic carbocycles. The van der Waals surface area contributed by atoms with Crippen LogP contribution in [0.5, 0.6) is 5.75 Å². The number of nitrogens with zero attached hydrogens (tertiary/aromatic N) is 5. The highest BCUT2D eigenvalue weighted by Crippen LogP contribution is 2.36. The van der Waals surface area contributed by atoms with Gasteiger partial charge in [0.05, 0.1) is 13.2 Å². The standard InChI is InChI=1S/C20H17F3N6OS/c1-10-6-24-18(31-10)12-4-14-16(15(5-12)30-3)27-9-28-17(14)29-11(2)13-7-25-19(26-8-13)20(21,22)23/h4-9,11H,1-3H3,(H,27,28,29)/t11-/m1/s1. The molecule has 11 heteroatoms. The van der Waals surface area contributed by atoms with E-state index in [-0.39, 0.29) is 0 Å². The van der Waals surface area contributed by atoms with Crippen LogP contribution in [0.1, 0.15) is 29.2 Å². The van der Waals surface area contributed by atoms with Gasteiger partial charge in [0.1, 0.15) is 28.4 Å². The molecule has 0 fully saturated rings. The van der Waals surface area contributed by atoms with Gasteiger partial charge in [0, 0.05) is 40.0 Å². The van der Waals surface area contributed by atoms with Crippen molar-refractivity contribution in [3.63, 3.8) is 0 Å². The summed E-state index contributed by atoms with van der Waals surface area (Å²) in [5.74, 6) is -0.105. The van der Waals surface area contributed by atoms with E-state index in [0.29, 0.717) is 28.0 Å². The fourth-order valence-electron chi connectivity index (χ4n) is 3.01. The van der Waals surface area contributed by atoms with Crippen molar-refractivity contribution in [3.8, 4) is 16.3 Å². The fourth-order valence-corrected chi connectivity index (χ4v) is 3.77. The van der Waals surface area contributed by atoms with Crippen LogP contribution in [0.15, 0.2) is 37.1 Å². The summed E-state index contributed by atoms with van der Waals surface area (Å²) in [4.78, 5) is 21.0. The van der Waals surface area contributed by atoms with Gasteiger partial charge in [0.2, 0.25) is 5.82 Å². The molecule has 0 radical (unpaired) electrons. The number of hydrogen-bond acceptors (Lipinski definition) is 8. The first kappa shape index (κ1) is 20.9. The Labute approximate surface area is 179 Å². The van der Waals surface area contributed by atoms with Crippen molar-refractivity contribution >= 4 is 28.1 Å². The van der Waals surface area contributed by atoms with Crippen molar-refractivity contribution in [2.24, 2.45) is 0 Å². The summed E-state index contributed by atoms with van der Waals surface area (Å²) in [7, 11) is 1.56. The minimum absolute atomic E-state index is 0.405. The summed E-state index contributed by atoms with van der Waals surface area (Å²) in [5, 5.41) is 4.74. The predicted octanol–water partition coefficient (Wildman–Crippen LogP) is 5.05. The van der Waals surface area contributed by atoms with E-state index in [4.69, 9.17) is 4.74 Å². The van der Waals surface area contributed by atoms with Crippen LogP contribution in [0, 0.1) is 6.92 Å². The average molecular weight is 446 g/mol. The van der Waals surface area contributed by atoms with E-state index < -0.39 is 18.0 Å². The molecule has 0 bridgehead atoms. The molecule has 4 aromatic rings. The SMILES string of the molecule is COc1cc(-c2ncc(C)s2)cc2c(N[C@H](C)c3cnc(C(F)(F)F)nc3)ncnc12. The lowest BCUT2D eigenvalue weighted by Crippen LogP contribution is -2.14. The minimum Gasteiger partial charge on any atom is -0.494 e. The number of aryl methyl sites for hydroxylation is 1. The van der Waals surface area contributed by atoms with Gasteiger partial charge < -0.3 is 10.1 Å². The average Bonchev–Trinajstić information content (AvgIpc) is 3.19. The number of nitrogens with one attached hydrogen (secondary N) is 1. The van der Waals surface area contributed by atoms with E-state index in [2.05, 4.69) is 30.2 Å². The Morgan fingerprint density at radius 1 is 1.03 bits per heavy atom. The van der Waals surface area contributed by atoms with E-state index in [9.17, 15) is 13.2 Å². The number of halogens is 3. The van der Waals surface area contributed by atoms with Crippen molar-refractivity contribution in [1.82, 2.24) is 24.9 Å². The summed E-state index contributed by atoms with van der Waals surface area (Å²) >= 11 is 1.55. The number of anilines is 1. The number of methoxy groups -OCH3 is 1. The molecule has 3 aromatic heterocycles. The summed E-state index contributed by atoms with van der Waals surface area (Å²) in [6.07, 6.45) is 0.919. The van der Waals surface area contributed by atoms with Gasteiger partial charge in [-0.3, -0.25) is 0 Å². The van der Waals surface area contributed by atoms with Gasteiger partial charge >= 0.3 is 6.18 Å². The summed E-state index contributed by atoms with van der Waals surface area (Å²) in [5.41, 5.74) is 1.94. The number of benzene rings is 1. The van der Waals surface area contributed by atoms with Crippen molar-refractivity contribution in [3.05, 3.63) is 53.3 Å². The molecule has 7 nitrogen and oxygen atoms in total. The number of thiazole rings is 1. The fraction of sp³-hybridized carbons (Fsp3) is 0.250. The highest BCUT2D eigenvalue weighted by atomic mass is 32.1. The van der Waals surface area contributed by atoms with Crippen LogP contribution in [-0.4, -0.2) is 32.0 Å². The third kappa shape index (κ3) is 4.26. The number of rotatable bonds is 5. The molecule has 0 aliphatic heterocycles. The lowest BCUT2D eigenvalue weighted by Gasteiger charge is -2.17. The topological polar surface area (TPSA) is 85.7 Å². The molecular weight excluding hydrogens is 429 g/mol. The smallest absolute Gasteiger partial charge is 0.451 e. The van der Waals surface area contributed by atoms with Gasteiger partial charge in [0.15, 0.2) is 0 Å². The zero-order chi connectivity index (χ0) is 22.2. The van der Waals surface area contributed by atoms with E-state index in [1.165, 1.54) is 6.33 Å². The summed E-state index contributed by atoms with van der Waals surface area (Å²) < 4.78 is 43.7. The first-order valence-electron chi connectivity index (χ1n) is 9.17. The Balaban J connectivity index is 1.71. The summed E-state index contributed by atoms with van der Waals surface area (Å²) in [6.45, 7) is 3.76. The van der Waals surface area contributed by atoms with Crippen LogP contribution < -0.4 is 10.1 Å². The summed E-state index contributed by atoms with van der Waals surface area (Å²) in [6, 6.07) is 3.37. The molecule has 0 aliphatic rings. The van der Waals surface area contributed by atoms with Crippen LogP contribution in [0.3, 0.4) is 0 Å². The largest absolute Gasteiger partial charge is 0.494 e. The first-order chi connectivity index (χ1) is 14.8. The quantitative estimate of drug-likeness (QED) is 0.459. The lowest BCUT2D eigenvalue weighted by atomic mass is 10.1. The van der Waals surface area contributed by atoms with Gasteiger partial charge in [0.25, 0.3) is 0 Å². The van der Waals surface area contributed by atoms with Gasteiger partial charge in [-0.15, -0.1) is 11.3 Å². The maximum Gasteiger partial charge on any atom is 0.451 e. The van der Waals surface area contributed by atoms with Gasteiger partial charge in [-0.05, 0) is 26.0 Å². The van der Waals surface area contributed by atoms with Crippen molar-refractivity contribution < 1.29 is 17.9 Å². The number of ether oxygens (including phenoxy) is 1. The van der Waals surface area contributed by atoms with E-state index in [1.807, 2.05) is 19.1 Å². The van der Waals surface area contributed by atoms with Crippen molar-refractivity contribution in [2.75, 3.05) is 12.4 Å². The number of fused-ring (bicyclic) bond motifs is 1. The van der Waals surface area contributed by atoms with E-state index in [0.717, 1.165) is 27.8 Å². The molecule has 1 N–H and O–H groups in total. The Kier molecular flexibility index (Phi) is 5.44. The van der Waals surface area contributed by atoms with Crippen molar-refractivity contribution in [1.29, 1.82) is 0 Å². The van der Waals surface area contributed by atoms with Crippen LogP contribution >= 0.6 is 11.3 Å². The molecule has 4 rings (SSSR count). The number of aromatic nitrogens is 5. The Morgan fingerprint density at radius 3 is 2.39 bits per heavy atom. The second kappa shape index (κ2) is 8.06. The van der Waals surface area contributed by atoms with Crippen LogP contribution in [0.4, 0.5) is 19.0 Å². The lowest BCUT2D eigenvalue weighted by molar-refractivity contribution is -0.145. The van der Waals surface area contributed by atoms with Gasteiger partial charge in [-0.25, -0.2) is 24.9 Å². The molecular formula is C20H17F3N6OS. The predicted molar refractivity (Wildman–Crippen MR) is 111 cm³/mol. The molecule has 3 heterocycles. The maximum atomic E-state index is 12.7. The highest BCUT2D eigenvalue weighted by molar-refractivity contribution is 7.14. The number of hydrogen-bond donors (Lipinski definition) is 1. The molecule has 0 spiro atoms. The molecule has 0 saturated carbocycles. The van der Waals surface area contributed by atoms with Crippen LogP contribution in [0.2, 0.25) is 0 Å². The highest BCUT2D eigenvalue weighted by Gasteiger charge is 2.34. The van der Waals surface area contributed by atoms with Gasteiger partial charge in [-0.1, -0.05) is 0 Å². The Hall–Kier alpha value is -3.34.